The summed E-state index contributed by atoms with van der Waals surface area (Å²) >= 11 is 1.25. The lowest BCUT2D eigenvalue weighted by molar-refractivity contribution is -0.132. The van der Waals surface area contributed by atoms with Crippen LogP contribution in [0.15, 0.2) is 58.3 Å². The third-order valence-electron chi connectivity index (χ3n) is 5.49. The molecular weight excluding hydrogens is 391 g/mol. The van der Waals surface area contributed by atoms with Crippen LogP contribution in [0.2, 0.25) is 0 Å². The van der Waals surface area contributed by atoms with Crippen molar-refractivity contribution in [2.45, 2.75) is 25.6 Å². The molecule has 146 valence electrons. The molecule has 3 heterocycles. The molecule has 5 nitrogen and oxygen atoms in total. The molecule has 0 saturated carbocycles. The summed E-state index contributed by atoms with van der Waals surface area (Å²) in [6.45, 7) is 3.30. The highest BCUT2D eigenvalue weighted by Crippen LogP contribution is 2.47. The average molecular weight is 408 g/mol. The van der Waals surface area contributed by atoms with E-state index in [9.17, 15) is 14.0 Å². The number of carbonyl (C=O) groups is 1. The van der Waals surface area contributed by atoms with Gasteiger partial charge in [-0.2, -0.15) is 0 Å². The highest BCUT2D eigenvalue weighted by molar-refractivity contribution is 7.07. The van der Waals surface area contributed by atoms with Gasteiger partial charge in [0.25, 0.3) is 5.56 Å². The molecule has 29 heavy (non-hydrogen) atoms. The second kappa shape index (κ2) is 6.22. The van der Waals surface area contributed by atoms with Crippen molar-refractivity contribution in [1.82, 2.24) is 4.57 Å². The molecule has 3 aromatic rings. The summed E-state index contributed by atoms with van der Waals surface area (Å²) in [6.07, 6.45) is 1.72. The Hall–Kier alpha value is -3.06. The first-order chi connectivity index (χ1) is 13.9. The van der Waals surface area contributed by atoms with Gasteiger partial charge in [-0.15, -0.1) is 0 Å². The van der Waals surface area contributed by atoms with E-state index in [1.165, 1.54) is 30.4 Å². The monoisotopic (exact) mass is 408 g/mol. The maximum atomic E-state index is 13.3. The van der Waals surface area contributed by atoms with Crippen molar-refractivity contribution in [3.63, 3.8) is 0 Å². The number of Topliss-reactive ketones (excluding diaryl/α,β-unsaturated/α-hetero) is 1. The van der Waals surface area contributed by atoms with E-state index >= 15 is 0 Å². The van der Waals surface area contributed by atoms with E-state index in [1.54, 1.807) is 29.7 Å². The van der Waals surface area contributed by atoms with Crippen molar-refractivity contribution in [2.75, 3.05) is 0 Å². The van der Waals surface area contributed by atoms with Crippen LogP contribution >= 0.6 is 11.3 Å². The molecule has 5 rings (SSSR count). The van der Waals surface area contributed by atoms with Crippen LogP contribution in [-0.4, -0.2) is 16.1 Å². The predicted octanol–water partition coefficient (Wildman–Crippen LogP) is 2.41. The van der Waals surface area contributed by atoms with Gasteiger partial charge in [-0.05, 0) is 43.7 Å². The van der Waals surface area contributed by atoms with Crippen molar-refractivity contribution in [1.29, 1.82) is 0 Å². The second-order valence-electron chi connectivity index (χ2n) is 7.46. The zero-order chi connectivity index (χ0) is 20.3. The normalized spacial score (nSPS) is 24.9. The quantitative estimate of drug-likeness (QED) is 0.654. The van der Waals surface area contributed by atoms with Crippen LogP contribution in [0.1, 0.15) is 31.0 Å². The molecule has 0 aliphatic carbocycles. The first kappa shape index (κ1) is 18.0. The number of fused-ring (bicyclic) bond motifs is 6. The molecule has 2 aliphatic heterocycles. The minimum atomic E-state index is -1.07. The van der Waals surface area contributed by atoms with E-state index in [0.29, 0.717) is 15.1 Å². The minimum Gasteiger partial charge on any atom is -0.465 e. The lowest BCUT2D eigenvalue weighted by atomic mass is 9.79. The van der Waals surface area contributed by atoms with Gasteiger partial charge in [0.15, 0.2) is 4.80 Å². The number of hydrogen-bond acceptors (Lipinski definition) is 5. The van der Waals surface area contributed by atoms with Gasteiger partial charge in [0, 0.05) is 5.56 Å². The van der Waals surface area contributed by atoms with E-state index in [0.717, 1.165) is 11.1 Å². The number of aromatic nitrogens is 1. The Labute approximate surface area is 169 Å². The van der Waals surface area contributed by atoms with Gasteiger partial charge < -0.3 is 4.74 Å². The first-order valence-corrected chi connectivity index (χ1v) is 10.1. The predicted molar refractivity (Wildman–Crippen MR) is 107 cm³/mol. The molecular formula is C22H17FN2O3S. The molecule has 2 aromatic carbocycles. The number of hydrogen-bond donors (Lipinski definition) is 0. The summed E-state index contributed by atoms with van der Waals surface area (Å²) in [7, 11) is 0. The van der Waals surface area contributed by atoms with Crippen LogP contribution in [0.3, 0.4) is 0 Å². The van der Waals surface area contributed by atoms with Crippen LogP contribution in [0.5, 0.6) is 5.75 Å². The zero-order valence-corrected chi connectivity index (χ0v) is 16.6. The lowest BCUT2D eigenvalue weighted by Crippen LogP contribution is -2.58. The van der Waals surface area contributed by atoms with Crippen molar-refractivity contribution in [3.8, 4) is 5.75 Å². The number of halogens is 1. The maximum Gasteiger partial charge on any atom is 0.270 e. The SMILES string of the molecule is CC(=O)[C@H]1[C@@H]2c3ccccc3O[C@]1(C)N=c1s/c(=C\c3ccc(F)cc3)c(=O)n12. The average Bonchev–Trinajstić information content (AvgIpc) is 2.96. The van der Waals surface area contributed by atoms with Gasteiger partial charge in [-0.3, -0.25) is 14.2 Å². The summed E-state index contributed by atoms with van der Waals surface area (Å²) in [5, 5.41) is 0. The number of para-hydroxylation sites is 1. The first-order valence-electron chi connectivity index (χ1n) is 9.24. The highest BCUT2D eigenvalue weighted by atomic mass is 32.1. The number of thiazole rings is 1. The second-order valence-corrected chi connectivity index (χ2v) is 8.47. The molecule has 1 aromatic heterocycles. The van der Waals surface area contributed by atoms with Gasteiger partial charge in [0.2, 0.25) is 5.72 Å². The van der Waals surface area contributed by atoms with Crippen LogP contribution in [0, 0.1) is 11.7 Å². The molecule has 0 N–H and O–H groups in total. The minimum absolute atomic E-state index is 0.0800. The molecule has 0 radical (unpaired) electrons. The van der Waals surface area contributed by atoms with Crippen molar-refractivity contribution < 1.29 is 13.9 Å². The van der Waals surface area contributed by atoms with Crippen LogP contribution in [-0.2, 0) is 4.79 Å². The van der Waals surface area contributed by atoms with Gasteiger partial charge in [0.05, 0.1) is 10.6 Å². The van der Waals surface area contributed by atoms with Crippen LogP contribution in [0.4, 0.5) is 4.39 Å². The zero-order valence-electron chi connectivity index (χ0n) is 15.8. The van der Waals surface area contributed by atoms with Gasteiger partial charge in [-0.25, -0.2) is 9.38 Å². The van der Waals surface area contributed by atoms with Gasteiger partial charge in [0.1, 0.15) is 23.3 Å². The van der Waals surface area contributed by atoms with Crippen molar-refractivity contribution >= 4 is 23.2 Å². The Kier molecular flexibility index (Phi) is 3.86. The third-order valence-corrected chi connectivity index (χ3v) is 6.47. The van der Waals surface area contributed by atoms with Crippen molar-refractivity contribution in [3.05, 3.63) is 85.2 Å². The number of nitrogens with zero attached hydrogens (tertiary/aromatic N) is 2. The Morgan fingerprint density at radius 3 is 2.69 bits per heavy atom. The summed E-state index contributed by atoms with van der Waals surface area (Å²) in [5.74, 6) is -0.382. The fourth-order valence-electron chi connectivity index (χ4n) is 4.27. The number of benzene rings is 2. The summed E-state index contributed by atoms with van der Waals surface area (Å²) in [4.78, 5) is 31.1. The van der Waals surface area contributed by atoms with Crippen LogP contribution in [0.25, 0.3) is 6.08 Å². The molecule has 0 fully saturated rings. The number of carbonyl (C=O) groups excluding carboxylic acids is 1. The van der Waals surface area contributed by atoms with E-state index in [-0.39, 0.29) is 17.2 Å². The molecule has 0 unspecified atom stereocenters. The Morgan fingerprint density at radius 2 is 1.97 bits per heavy atom. The number of rotatable bonds is 2. The van der Waals surface area contributed by atoms with Gasteiger partial charge in [-0.1, -0.05) is 41.7 Å². The van der Waals surface area contributed by atoms with E-state index in [2.05, 4.69) is 0 Å². The van der Waals surface area contributed by atoms with Crippen LogP contribution < -0.4 is 19.6 Å². The number of ketones is 1. The Balaban J connectivity index is 1.80. The molecule has 0 spiro atoms. The molecule has 3 atom stereocenters. The number of ether oxygens (including phenoxy) is 1. The highest BCUT2D eigenvalue weighted by Gasteiger charge is 2.53. The van der Waals surface area contributed by atoms with Crippen molar-refractivity contribution in [2.24, 2.45) is 10.9 Å². The largest absolute Gasteiger partial charge is 0.465 e. The van der Waals surface area contributed by atoms with E-state index < -0.39 is 17.7 Å². The fraction of sp³-hybridized carbons (Fsp3) is 0.227. The van der Waals surface area contributed by atoms with E-state index in [1.807, 2.05) is 24.3 Å². The topological polar surface area (TPSA) is 60.7 Å². The third kappa shape index (κ3) is 2.68. The Morgan fingerprint density at radius 1 is 1.24 bits per heavy atom. The maximum absolute atomic E-state index is 13.3. The standard InChI is InChI=1S/C22H17FN2O3S/c1-12(26)18-19-15-5-3-4-6-16(15)28-22(18,2)24-21-25(19)20(27)17(29-21)11-13-7-9-14(23)10-8-13/h3-11,18-19H,1-2H3/b17-11-/t18-,19-,22-/m0/s1. The molecule has 2 aliphatic rings. The van der Waals surface area contributed by atoms with Gasteiger partial charge >= 0.3 is 0 Å². The fourth-order valence-corrected chi connectivity index (χ4v) is 5.37. The molecule has 7 heteroatoms. The molecule has 2 bridgehead atoms. The summed E-state index contributed by atoms with van der Waals surface area (Å²) in [6, 6.07) is 12.9. The smallest absolute Gasteiger partial charge is 0.270 e. The lowest BCUT2D eigenvalue weighted by Gasteiger charge is -2.45. The summed E-state index contributed by atoms with van der Waals surface area (Å²) in [5.41, 5.74) is 0.231. The summed E-state index contributed by atoms with van der Waals surface area (Å²) < 4.78 is 21.4. The van der Waals surface area contributed by atoms with E-state index in [4.69, 9.17) is 9.73 Å². The Bertz CT molecular complexity index is 1330. The molecule has 0 amide bonds. The molecule has 0 saturated heterocycles.